The molecule has 0 N–H and O–H groups in total. The van der Waals surface area contributed by atoms with Gasteiger partial charge in [-0.1, -0.05) is 54.6 Å². The predicted molar refractivity (Wildman–Crippen MR) is 149 cm³/mol. The first-order valence-electron chi connectivity index (χ1n) is 12.0. The number of hydrogen-bond donors (Lipinski definition) is 0. The van der Waals surface area contributed by atoms with Crippen molar-refractivity contribution < 1.29 is 13.6 Å². The first-order chi connectivity index (χ1) is 14.8. The monoisotopic (exact) mass is 498 g/mol. The topological polar surface area (TPSA) is 35.5 Å². The molecule has 0 fully saturated rings. The molecule has 0 bridgehead atoms. The molecule has 2 aromatic carbocycles. The maximum absolute atomic E-state index is 13.5. The summed E-state index contributed by atoms with van der Waals surface area (Å²) >= 11 is 0. The summed E-state index contributed by atoms with van der Waals surface area (Å²) in [7, 11) is -6.06. The van der Waals surface area contributed by atoms with Crippen molar-refractivity contribution in [2.75, 3.05) is 0 Å². The van der Waals surface area contributed by atoms with Crippen LogP contribution in [0.1, 0.15) is 57.5 Å². The summed E-state index contributed by atoms with van der Waals surface area (Å²) in [5.41, 5.74) is 1.67. The molecule has 0 spiro atoms. The van der Waals surface area contributed by atoms with Crippen LogP contribution in [0, 0.1) is 0 Å². The van der Waals surface area contributed by atoms with Crippen LogP contribution in [-0.4, -0.2) is 30.5 Å². The van der Waals surface area contributed by atoms with Crippen molar-refractivity contribution in [3.05, 3.63) is 47.5 Å². The lowest BCUT2D eigenvalue weighted by molar-refractivity contribution is 0.104. The van der Waals surface area contributed by atoms with Gasteiger partial charge < -0.3 is 8.85 Å². The Hall–Kier alpha value is -1.64. The minimum atomic E-state index is -2.13. The number of fused-ring (bicyclic) bond motifs is 2. The van der Waals surface area contributed by atoms with Crippen molar-refractivity contribution in [1.29, 1.82) is 0 Å². The van der Waals surface area contributed by atoms with Crippen LogP contribution in [0.2, 0.25) is 49.4 Å². The Morgan fingerprint density at radius 3 is 1.30 bits per heavy atom. The average Bonchev–Trinajstić information content (AvgIpc) is 2.64. The molecule has 0 saturated carbocycles. The molecule has 180 valence electrons. The van der Waals surface area contributed by atoms with E-state index in [2.05, 4.69) is 93.0 Å². The summed E-state index contributed by atoms with van der Waals surface area (Å²) in [5.74, 6) is 1.90. The zero-order valence-electron chi connectivity index (χ0n) is 22.7. The van der Waals surface area contributed by atoms with E-state index < -0.39 is 24.7 Å². The zero-order chi connectivity index (χ0) is 25.2. The van der Waals surface area contributed by atoms with Gasteiger partial charge in [0.05, 0.1) is 0 Å². The Bertz CT molecular complexity index is 1000. The fourth-order valence-electron chi connectivity index (χ4n) is 3.79. The average molecular weight is 499 g/mol. The molecule has 1 aliphatic rings. The van der Waals surface area contributed by atoms with Gasteiger partial charge in [0.25, 0.3) is 0 Å². The zero-order valence-corrected chi connectivity index (χ0v) is 25.7. The third-order valence-electron chi connectivity index (χ3n) is 8.18. The number of rotatable bonds is 4. The van der Waals surface area contributed by atoms with E-state index in [1.165, 1.54) is 10.4 Å². The van der Waals surface area contributed by atoms with Crippen LogP contribution < -0.4 is 19.2 Å². The Balaban J connectivity index is 2.06. The summed E-state index contributed by atoms with van der Waals surface area (Å²) in [5, 5.41) is 2.57. The second kappa shape index (κ2) is 7.95. The van der Waals surface area contributed by atoms with E-state index in [0.29, 0.717) is 0 Å². The van der Waals surface area contributed by atoms with E-state index in [1.54, 1.807) is 0 Å². The molecule has 0 saturated heterocycles. The normalized spacial score (nSPS) is 16.2. The van der Waals surface area contributed by atoms with E-state index in [-0.39, 0.29) is 15.9 Å². The Morgan fingerprint density at radius 1 is 0.667 bits per heavy atom. The van der Waals surface area contributed by atoms with Gasteiger partial charge in [0.2, 0.25) is 16.6 Å². The van der Waals surface area contributed by atoms with Crippen molar-refractivity contribution in [3.8, 4) is 11.5 Å². The molecule has 1 heterocycles. The molecular weight excluding hydrogens is 457 g/mol. The molecule has 1 aliphatic heterocycles. The molecule has 3 rings (SSSR count). The Kier molecular flexibility index (Phi) is 6.26. The lowest BCUT2D eigenvalue weighted by atomic mass is 10.0. The van der Waals surface area contributed by atoms with Crippen molar-refractivity contribution in [2.45, 2.75) is 90.9 Å². The maximum Gasteiger partial charge on any atom is 0.250 e. The second-order valence-electron chi connectivity index (χ2n) is 13.1. The van der Waals surface area contributed by atoms with Gasteiger partial charge in [0.15, 0.2) is 5.78 Å². The molecule has 0 unspecified atom stereocenters. The highest BCUT2D eigenvalue weighted by atomic mass is 28.4. The molecule has 0 radical (unpaired) electrons. The van der Waals surface area contributed by atoms with Crippen molar-refractivity contribution in [1.82, 2.24) is 0 Å². The third-order valence-corrected chi connectivity index (χ3v) is 20.4. The predicted octanol–water partition coefficient (Wildman–Crippen LogP) is 6.82. The van der Waals surface area contributed by atoms with Crippen molar-refractivity contribution >= 4 is 40.9 Å². The van der Waals surface area contributed by atoms with Gasteiger partial charge in [-0.15, -0.1) is 0 Å². The largest absolute Gasteiger partial charge is 0.544 e. The second-order valence-corrected chi connectivity index (χ2v) is 26.9. The standard InChI is InChI=1S/C27H42O3Si3/c1-26(2,3)32(9,10)29-19-13-15-21-23(17-19)31(7,8)24-18-20(14-16-22(24)25(21)28)30-33(11,12)27(4,5)6/h13-18H,1-12H3. The molecule has 33 heavy (non-hydrogen) atoms. The van der Waals surface area contributed by atoms with Gasteiger partial charge in [-0.3, -0.25) is 4.79 Å². The summed E-state index contributed by atoms with van der Waals surface area (Å²) < 4.78 is 13.2. The molecule has 0 aliphatic carbocycles. The van der Waals surface area contributed by atoms with Gasteiger partial charge in [0.1, 0.15) is 19.6 Å². The molecular formula is C27H42O3Si3. The Labute approximate surface area is 204 Å². The van der Waals surface area contributed by atoms with Crippen LogP contribution in [0.25, 0.3) is 0 Å². The number of carbonyl (C=O) groups is 1. The van der Waals surface area contributed by atoms with Gasteiger partial charge in [-0.25, -0.2) is 0 Å². The van der Waals surface area contributed by atoms with Crippen LogP contribution in [0.4, 0.5) is 0 Å². The van der Waals surface area contributed by atoms with E-state index in [1.807, 2.05) is 24.3 Å². The highest BCUT2D eigenvalue weighted by Gasteiger charge is 2.43. The Morgan fingerprint density at radius 2 is 1.00 bits per heavy atom. The maximum atomic E-state index is 13.5. The minimum Gasteiger partial charge on any atom is -0.544 e. The van der Waals surface area contributed by atoms with Crippen LogP contribution in [0.15, 0.2) is 36.4 Å². The minimum absolute atomic E-state index is 0.115. The third kappa shape index (κ3) is 4.66. The summed E-state index contributed by atoms with van der Waals surface area (Å²) in [6.07, 6.45) is 0. The van der Waals surface area contributed by atoms with E-state index in [9.17, 15) is 4.79 Å². The molecule has 0 aromatic heterocycles. The van der Waals surface area contributed by atoms with Gasteiger partial charge in [-0.2, -0.15) is 0 Å². The fraction of sp³-hybridized carbons (Fsp3) is 0.519. The smallest absolute Gasteiger partial charge is 0.250 e. The number of ketones is 1. The van der Waals surface area contributed by atoms with E-state index in [0.717, 1.165) is 22.6 Å². The summed E-state index contributed by atoms with van der Waals surface area (Å²) in [6.45, 7) is 27.2. The van der Waals surface area contributed by atoms with Crippen molar-refractivity contribution in [2.24, 2.45) is 0 Å². The van der Waals surface area contributed by atoms with E-state index >= 15 is 0 Å². The number of hydrogen-bond acceptors (Lipinski definition) is 3. The molecule has 0 amide bonds. The highest BCUT2D eigenvalue weighted by molar-refractivity contribution is 7.02. The van der Waals surface area contributed by atoms with Gasteiger partial charge >= 0.3 is 0 Å². The SMILES string of the molecule is CC(C)(C)[Si](C)(C)Oc1ccc2c(c1)[Si](C)(C)c1cc(O[Si](C)(C)C(C)(C)C)ccc1C2=O. The molecule has 6 heteroatoms. The van der Waals surface area contributed by atoms with Crippen LogP contribution >= 0.6 is 0 Å². The van der Waals surface area contributed by atoms with Crippen LogP contribution in [0.3, 0.4) is 0 Å². The summed E-state index contributed by atoms with van der Waals surface area (Å²) in [6, 6.07) is 12.3. The van der Waals surface area contributed by atoms with Crippen molar-refractivity contribution in [3.63, 3.8) is 0 Å². The fourth-order valence-corrected chi connectivity index (χ4v) is 8.87. The molecule has 3 nitrogen and oxygen atoms in total. The lowest BCUT2D eigenvalue weighted by Crippen LogP contribution is -2.60. The highest BCUT2D eigenvalue weighted by Crippen LogP contribution is 2.39. The number of carbonyl (C=O) groups excluding carboxylic acids is 1. The first kappa shape index (κ1) is 26.0. The van der Waals surface area contributed by atoms with Gasteiger partial charge in [0, 0.05) is 11.1 Å². The lowest BCUT2D eigenvalue weighted by Gasteiger charge is -2.38. The first-order valence-corrected chi connectivity index (χ1v) is 20.8. The quantitative estimate of drug-likeness (QED) is 0.434. The summed E-state index contributed by atoms with van der Waals surface area (Å²) in [4.78, 5) is 13.5. The van der Waals surface area contributed by atoms with Gasteiger partial charge in [-0.05, 0) is 83.0 Å². The molecule has 0 atom stereocenters. The van der Waals surface area contributed by atoms with Crippen LogP contribution in [0.5, 0.6) is 11.5 Å². The van der Waals surface area contributed by atoms with E-state index in [4.69, 9.17) is 8.85 Å². The van der Waals surface area contributed by atoms with Crippen LogP contribution in [-0.2, 0) is 0 Å². The number of benzene rings is 2. The molecule has 2 aromatic rings.